The molecule has 176 valence electrons. The number of methoxy groups -OCH3 is 1. The van der Waals surface area contributed by atoms with Gasteiger partial charge in [-0.1, -0.05) is 6.07 Å². The summed E-state index contributed by atoms with van der Waals surface area (Å²) in [5.74, 6) is 0.154. The number of rotatable bonds is 8. The van der Waals surface area contributed by atoms with Gasteiger partial charge in [-0.05, 0) is 48.6 Å². The second-order valence-corrected chi connectivity index (χ2v) is 8.98. The standard InChI is InChI=1S/C25H31FN4O3/c1-33-21-3-2-20(22(26)16-21)17-25(8-4-23(31)28-25)9-5-24(32)30-14-12-29(13-15-30)18-19-6-10-27-11-7-19/h2-3,6-7,10-11,16H,4-5,8-9,12-15,17-18H2,1H3,(H,28,31). The number of nitrogens with zero attached hydrogens (tertiary/aromatic N) is 3. The van der Waals surface area contributed by atoms with Crippen LogP contribution in [0.4, 0.5) is 4.39 Å². The van der Waals surface area contributed by atoms with Crippen molar-refractivity contribution in [2.45, 2.75) is 44.2 Å². The van der Waals surface area contributed by atoms with E-state index in [1.165, 1.54) is 18.7 Å². The van der Waals surface area contributed by atoms with Gasteiger partial charge in [-0.2, -0.15) is 0 Å². The van der Waals surface area contributed by atoms with E-state index < -0.39 is 5.54 Å². The van der Waals surface area contributed by atoms with Crippen LogP contribution < -0.4 is 10.1 Å². The quantitative estimate of drug-likeness (QED) is 0.664. The van der Waals surface area contributed by atoms with Crippen LogP contribution in [0.1, 0.15) is 36.8 Å². The van der Waals surface area contributed by atoms with Crippen molar-refractivity contribution in [2.24, 2.45) is 0 Å². The van der Waals surface area contributed by atoms with E-state index >= 15 is 0 Å². The van der Waals surface area contributed by atoms with Crippen LogP contribution in [0.3, 0.4) is 0 Å². The lowest BCUT2D eigenvalue weighted by atomic mass is 9.84. The maximum absolute atomic E-state index is 14.6. The molecule has 8 heteroatoms. The summed E-state index contributed by atoms with van der Waals surface area (Å²) >= 11 is 0. The second-order valence-electron chi connectivity index (χ2n) is 8.98. The Morgan fingerprint density at radius 3 is 2.58 bits per heavy atom. The summed E-state index contributed by atoms with van der Waals surface area (Å²) in [6.07, 6.45) is 5.79. The van der Waals surface area contributed by atoms with Crippen molar-refractivity contribution in [3.05, 3.63) is 59.7 Å². The van der Waals surface area contributed by atoms with Gasteiger partial charge in [-0.25, -0.2) is 4.39 Å². The number of hydrogen-bond acceptors (Lipinski definition) is 5. The average Bonchev–Trinajstić information content (AvgIpc) is 3.20. The van der Waals surface area contributed by atoms with Crippen molar-refractivity contribution in [1.82, 2.24) is 20.1 Å². The summed E-state index contributed by atoms with van der Waals surface area (Å²) in [7, 11) is 1.50. The number of carbonyl (C=O) groups excluding carboxylic acids is 2. The largest absolute Gasteiger partial charge is 0.497 e. The number of nitrogens with one attached hydrogen (secondary N) is 1. The Morgan fingerprint density at radius 2 is 1.94 bits per heavy atom. The minimum Gasteiger partial charge on any atom is -0.497 e. The first-order valence-electron chi connectivity index (χ1n) is 11.5. The van der Waals surface area contributed by atoms with E-state index in [0.717, 1.165) is 19.6 Å². The fourth-order valence-electron chi connectivity index (χ4n) is 4.75. The van der Waals surface area contributed by atoms with E-state index in [4.69, 9.17) is 4.74 Å². The summed E-state index contributed by atoms with van der Waals surface area (Å²) in [5.41, 5.74) is 1.15. The van der Waals surface area contributed by atoms with Crippen LogP contribution in [-0.2, 0) is 22.6 Å². The molecule has 2 aliphatic heterocycles. The molecule has 0 saturated carbocycles. The number of ether oxygens (including phenoxy) is 1. The van der Waals surface area contributed by atoms with Crippen LogP contribution in [0.15, 0.2) is 42.7 Å². The third kappa shape index (κ3) is 5.87. The van der Waals surface area contributed by atoms with E-state index in [1.807, 2.05) is 17.0 Å². The Balaban J connectivity index is 1.32. The van der Waals surface area contributed by atoms with E-state index in [0.29, 0.717) is 56.5 Å². The SMILES string of the molecule is COc1ccc(CC2(CCC(=O)N3CCN(Cc4ccncc4)CC3)CCC(=O)N2)c(F)c1. The average molecular weight is 455 g/mol. The third-order valence-corrected chi connectivity index (χ3v) is 6.72. The van der Waals surface area contributed by atoms with Crippen molar-refractivity contribution in [2.75, 3.05) is 33.3 Å². The van der Waals surface area contributed by atoms with Crippen LogP contribution >= 0.6 is 0 Å². The molecule has 1 aromatic heterocycles. The van der Waals surface area contributed by atoms with Gasteiger partial charge in [-0.3, -0.25) is 19.5 Å². The van der Waals surface area contributed by atoms with Crippen molar-refractivity contribution in [1.29, 1.82) is 0 Å². The van der Waals surface area contributed by atoms with E-state index in [2.05, 4.69) is 15.2 Å². The summed E-state index contributed by atoms with van der Waals surface area (Å²) in [4.78, 5) is 33.3. The van der Waals surface area contributed by atoms with Crippen molar-refractivity contribution in [3.8, 4) is 5.75 Å². The first kappa shape index (κ1) is 23.2. The second kappa shape index (κ2) is 10.3. The first-order valence-corrected chi connectivity index (χ1v) is 11.5. The molecule has 2 aliphatic rings. The molecule has 0 spiro atoms. The molecule has 33 heavy (non-hydrogen) atoms. The molecule has 0 aliphatic carbocycles. The van der Waals surface area contributed by atoms with Crippen LogP contribution in [-0.4, -0.2) is 65.4 Å². The van der Waals surface area contributed by atoms with E-state index in [1.54, 1.807) is 24.5 Å². The number of aromatic nitrogens is 1. The number of pyridine rings is 1. The van der Waals surface area contributed by atoms with Gasteiger partial charge in [-0.15, -0.1) is 0 Å². The molecule has 0 radical (unpaired) electrons. The molecule has 2 amide bonds. The Kier molecular flexibility index (Phi) is 7.23. The molecule has 0 bridgehead atoms. The van der Waals surface area contributed by atoms with Crippen LogP contribution in [0.25, 0.3) is 0 Å². The maximum Gasteiger partial charge on any atom is 0.222 e. The van der Waals surface area contributed by atoms with Crippen molar-refractivity contribution < 1.29 is 18.7 Å². The summed E-state index contributed by atoms with van der Waals surface area (Å²) in [6, 6.07) is 8.80. The normalized spacial score (nSPS) is 21.2. The topological polar surface area (TPSA) is 74.8 Å². The zero-order chi connectivity index (χ0) is 23.3. The van der Waals surface area contributed by atoms with Crippen LogP contribution in [0.2, 0.25) is 0 Å². The molecule has 1 aromatic carbocycles. The van der Waals surface area contributed by atoms with Crippen LogP contribution in [0, 0.1) is 5.82 Å². The highest BCUT2D eigenvalue weighted by atomic mass is 19.1. The molecular formula is C25H31FN4O3. The Labute approximate surface area is 193 Å². The Morgan fingerprint density at radius 1 is 1.18 bits per heavy atom. The highest BCUT2D eigenvalue weighted by Gasteiger charge is 2.39. The lowest BCUT2D eigenvalue weighted by molar-refractivity contribution is -0.133. The fraction of sp³-hybridized carbons (Fsp3) is 0.480. The zero-order valence-electron chi connectivity index (χ0n) is 19.1. The minimum atomic E-state index is -0.592. The van der Waals surface area contributed by atoms with Gasteiger partial charge in [0.2, 0.25) is 11.8 Å². The lowest BCUT2D eigenvalue weighted by Gasteiger charge is -2.36. The minimum absolute atomic E-state index is 0.0407. The van der Waals surface area contributed by atoms with E-state index in [9.17, 15) is 14.0 Å². The molecule has 4 rings (SSSR count). The Bertz CT molecular complexity index is 979. The maximum atomic E-state index is 14.6. The number of amides is 2. The summed E-state index contributed by atoms with van der Waals surface area (Å²) < 4.78 is 19.6. The molecule has 7 nitrogen and oxygen atoms in total. The molecule has 1 atom stereocenters. The van der Waals surface area contributed by atoms with Gasteiger partial charge in [0.1, 0.15) is 11.6 Å². The van der Waals surface area contributed by atoms with E-state index in [-0.39, 0.29) is 17.6 Å². The van der Waals surface area contributed by atoms with Gasteiger partial charge in [0, 0.05) is 69.6 Å². The number of benzene rings is 1. The predicted octanol–water partition coefficient (Wildman–Crippen LogP) is 2.55. The number of carbonyl (C=O) groups is 2. The molecule has 2 aromatic rings. The molecule has 2 saturated heterocycles. The van der Waals surface area contributed by atoms with Crippen molar-refractivity contribution in [3.63, 3.8) is 0 Å². The molecule has 3 heterocycles. The van der Waals surface area contributed by atoms with Crippen molar-refractivity contribution >= 4 is 11.8 Å². The number of piperazine rings is 1. The number of hydrogen-bond donors (Lipinski definition) is 1. The van der Waals surface area contributed by atoms with Gasteiger partial charge in [0.05, 0.1) is 7.11 Å². The van der Waals surface area contributed by atoms with Gasteiger partial charge >= 0.3 is 0 Å². The molecular weight excluding hydrogens is 423 g/mol. The first-order chi connectivity index (χ1) is 16.0. The zero-order valence-corrected chi connectivity index (χ0v) is 19.1. The summed E-state index contributed by atoms with van der Waals surface area (Å²) in [5, 5.41) is 3.04. The smallest absolute Gasteiger partial charge is 0.222 e. The highest BCUT2D eigenvalue weighted by molar-refractivity contribution is 5.80. The Hall–Kier alpha value is -3.00. The van der Waals surface area contributed by atoms with Crippen LogP contribution in [0.5, 0.6) is 5.75 Å². The van der Waals surface area contributed by atoms with Gasteiger partial charge in [0.25, 0.3) is 0 Å². The molecule has 1 unspecified atom stereocenters. The monoisotopic (exact) mass is 454 g/mol. The molecule has 1 N–H and O–H groups in total. The van der Waals surface area contributed by atoms with Gasteiger partial charge in [0.15, 0.2) is 0 Å². The predicted molar refractivity (Wildman–Crippen MR) is 122 cm³/mol. The highest BCUT2D eigenvalue weighted by Crippen LogP contribution is 2.31. The lowest BCUT2D eigenvalue weighted by Crippen LogP contribution is -2.49. The summed E-state index contributed by atoms with van der Waals surface area (Å²) in [6.45, 7) is 3.89. The fourth-order valence-corrected chi connectivity index (χ4v) is 4.75. The third-order valence-electron chi connectivity index (χ3n) is 6.72. The number of halogens is 1. The van der Waals surface area contributed by atoms with Gasteiger partial charge < -0.3 is 15.0 Å². The molecule has 2 fully saturated rings.